The number of rotatable bonds is 4. The van der Waals surface area contributed by atoms with Crippen LogP contribution in [0.15, 0.2) is 24.3 Å². The van der Waals surface area contributed by atoms with Crippen LogP contribution in [0.1, 0.15) is 18.4 Å². The van der Waals surface area contributed by atoms with Crippen LogP contribution >= 0.6 is 12.4 Å². The zero-order chi connectivity index (χ0) is 16.0. The Bertz CT molecular complexity index is 594. The molecule has 1 amide bonds. The number of hydrogen-bond donors (Lipinski definition) is 2. The zero-order valence-corrected chi connectivity index (χ0v) is 14.7. The van der Waals surface area contributed by atoms with Gasteiger partial charge in [-0.1, -0.05) is 18.2 Å². The number of aliphatic hydroxyl groups is 1. The Morgan fingerprint density at radius 2 is 1.92 bits per heavy atom. The van der Waals surface area contributed by atoms with E-state index in [-0.39, 0.29) is 24.9 Å². The maximum atomic E-state index is 12.7. The van der Waals surface area contributed by atoms with E-state index in [9.17, 15) is 9.90 Å². The van der Waals surface area contributed by atoms with E-state index in [2.05, 4.69) is 5.32 Å². The molecule has 2 N–H and O–H groups in total. The first-order valence-corrected chi connectivity index (χ1v) is 8.56. The highest BCUT2D eigenvalue weighted by molar-refractivity contribution is 5.85. The molecule has 1 unspecified atom stereocenters. The average Bonchev–Trinajstić information content (AvgIpc) is 3.24. The van der Waals surface area contributed by atoms with E-state index in [1.165, 1.54) is 0 Å². The Morgan fingerprint density at radius 3 is 2.54 bits per heavy atom. The number of nitrogens with one attached hydrogen (secondary N) is 1. The minimum atomic E-state index is -1.08. The molecule has 6 heteroatoms. The second-order valence-corrected chi connectivity index (χ2v) is 7.04. The third kappa shape index (κ3) is 2.79. The van der Waals surface area contributed by atoms with Gasteiger partial charge in [0.25, 0.3) is 5.91 Å². The largest absolute Gasteiger partial charge is 0.490 e. The van der Waals surface area contributed by atoms with E-state index in [0.29, 0.717) is 23.9 Å². The van der Waals surface area contributed by atoms with E-state index in [1.54, 1.807) is 0 Å². The van der Waals surface area contributed by atoms with Crippen LogP contribution in [0.5, 0.6) is 5.75 Å². The predicted molar refractivity (Wildman–Crippen MR) is 93.4 cm³/mol. The van der Waals surface area contributed by atoms with Crippen molar-refractivity contribution in [2.24, 2.45) is 11.8 Å². The van der Waals surface area contributed by atoms with Crippen molar-refractivity contribution in [1.29, 1.82) is 0 Å². The van der Waals surface area contributed by atoms with Gasteiger partial charge in [-0.25, -0.2) is 0 Å². The van der Waals surface area contributed by atoms with Crippen molar-refractivity contribution in [2.75, 3.05) is 19.7 Å². The van der Waals surface area contributed by atoms with Gasteiger partial charge in [-0.3, -0.25) is 4.79 Å². The lowest BCUT2D eigenvalue weighted by Gasteiger charge is -2.27. The lowest BCUT2D eigenvalue weighted by atomic mass is 9.82. The van der Waals surface area contributed by atoms with Gasteiger partial charge in [-0.05, 0) is 43.2 Å². The van der Waals surface area contributed by atoms with Crippen molar-refractivity contribution in [1.82, 2.24) is 10.2 Å². The molecule has 1 aromatic carbocycles. The smallest absolute Gasteiger partial charge is 0.255 e. The summed E-state index contributed by atoms with van der Waals surface area (Å²) in [7, 11) is 0. The molecule has 0 spiro atoms. The van der Waals surface area contributed by atoms with E-state index in [4.69, 9.17) is 4.74 Å². The minimum Gasteiger partial charge on any atom is -0.490 e. The summed E-state index contributed by atoms with van der Waals surface area (Å²) in [6.07, 6.45) is 1.07. The molecule has 0 aliphatic carbocycles. The molecular weight excluding hydrogens is 328 g/mol. The van der Waals surface area contributed by atoms with Gasteiger partial charge in [0.05, 0.1) is 0 Å². The number of fused-ring (bicyclic) bond motifs is 5. The minimum absolute atomic E-state index is 0. The fraction of sp³-hybridized carbons (Fsp3) is 0.611. The summed E-state index contributed by atoms with van der Waals surface area (Å²) in [4.78, 5) is 14.7. The first-order valence-electron chi connectivity index (χ1n) is 8.56. The van der Waals surface area contributed by atoms with Crippen LogP contribution in [-0.4, -0.2) is 53.8 Å². The summed E-state index contributed by atoms with van der Waals surface area (Å²) in [5.74, 6) is 1.72. The number of aryl methyl sites for hydroxylation is 1. The number of halogens is 1. The van der Waals surface area contributed by atoms with Crippen LogP contribution in [-0.2, 0) is 4.79 Å². The van der Waals surface area contributed by atoms with E-state index in [0.717, 1.165) is 37.2 Å². The lowest BCUT2D eigenvalue weighted by Crippen LogP contribution is -2.46. The van der Waals surface area contributed by atoms with Crippen LogP contribution in [0.2, 0.25) is 0 Å². The van der Waals surface area contributed by atoms with Gasteiger partial charge in [0.1, 0.15) is 12.4 Å². The Kier molecular flexibility index (Phi) is 5.04. The summed E-state index contributed by atoms with van der Waals surface area (Å²) >= 11 is 0. The van der Waals surface area contributed by atoms with Gasteiger partial charge in [0, 0.05) is 25.2 Å². The highest BCUT2D eigenvalue weighted by Crippen LogP contribution is 2.47. The van der Waals surface area contributed by atoms with Crippen molar-refractivity contribution >= 4 is 18.3 Å². The maximum Gasteiger partial charge on any atom is 0.255 e. The molecule has 3 aliphatic rings. The van der Waals surface area contributed by atoms with Crippen LogP contribution in [0, 0.1) is 18.8 Å². The molecular formula is C18H25ClN2O3. The molecule has 0 aromatic heterocycles. The number of nitrogens with zero attached hydrogens (tertiary/aromatic N) is 1. The molecule has 3 fully saturated rings. The number of aliphatic hydroxyl groups excluding tert-OH is 1. The monoisotopic (exact) mass is 352 g/mol. The second-order valence-electron chi connectivity index (χ2n) is 7.04. The predicted octanol–water partition coefficient (Wildman–Crippen LogP) is 1.37. The Labute approximate surface area is 148 Å². The second kappa shape index (κ2) is 6.90. The van der Waals surface area contributed by atoms with Crippen molar-refractivity contribution < 1.29 is 14.6 Å². The summed E-state index contributed by atoms with van der Waals surface area (Å²) in [5, 5.41) is 13.8. The molecule has 0 saturated carbocycles. The average molecular weight is 353 g/mol. The Hall–Kier alpha value is -1.30. The van der Waals surface area contributed by atoms with Gasteiger partial charge in [-0.2, -0.15) is 0 Å². The van der Waals surface area contributed by atoms with Gasteiger partial charge >= 0.3 is 0 Å². The molecule has 3 saturated heterocycles. The third-order valence-corrected chi connectivity index (χ3v) is 5.80. The molecule has 5 nitrogen and oxygen atoms in total. The van der Waals surface area contributed by atoms with E-state index in [1.807, 2.05) is 36.1 Å². The Balaban J connectivity index is 0.00000169. The van der Waals surface area contributed by atoms with Crippen LogP contribution in [0.25, 0.3) is 0 Å². The maximum absolute atomic E-state index is 12.7. The molecule has 132 valence electrons. The van der Waals surface area contributed by atoms with Crippen molar-refractivity contribution in [3.8, 4) is 5.75 Å². The number of amides is 1. The van der Waals surface area contributed by atoms with Gasteiger partial charge in [0.15, 0.2) is 6.10 Å². The van der Waals surface area contributed by atoms with E-state index < -0.39 is 6.10 Å². The van der Waals surface area contributed by atoms with Gasteiger partial charge in [0.2, 0.25) is 0 Å². The molecule has 0 radical (unpaired) electrons. The highest BCUT2D eigenvalue weighted by Gasteiger charge is 2.56. The number of para-hydroxylation sites is 1. The van der Waals surface area contributed by atoms with Gasteiger partial charge in [-0.15, -0.1) is 12.4 Å². The normalized spacial score (nSPS) is 31.5. The van der Waals surface area contributed by atoms with Gasteiger partial charge < -0.3 is 20.1 Å². The van der Waals surface area contributed by atoms with Crippen LogP contribution < -0.4 is 10.1 Å². The van der Waals surface area contributed by atoms with Crippen LogP contribution in [0.3, 0.4) is 0 Å². The lowest BCUT2D eigenvalue weighted by molar-refractivity contribution is -0.143. The molecule has 3 heterocycles. The van der Waals surface area contributed by atoms with Crippen molar-refractivity contribution in [3.63, 3.8) is 0 Å². The number of carbonyl (C=O) groups is 1. The standard InChI is InChI=1S/C18H24N2O3.ClH/c1-11-4-2-3-5-17(11)23-10-16(21)18(22)20-14-6-7-15(20)13-9-19-8-12(13)14;/h2-5,12-16,19,21H,6-10H2,1H3;1H/t12-,13+,14-,15+,16?;. The number of ether oxygens (including phenoxy) is 1. The summed E-state index contributed by atoms with van der Waals surface area (Å²) in [5.41, 5.74) is 1.01. The fourth-order valence-electron chi connectivity index (χ4n) is 4.73. The molecule has 3 aliphatic heterocycles. The van der Waals surface area contributed by atoms with Crippen LogP contribution in [0.4, 0.5) is 0 Å². The number of carbonyl (C=O) groups excluding carboxylic acids is 1. The Morgan fingerprint density at radius 1 is 1.29 bits per heavy atom. The third-order valence-electron chi connectivity index (χ3n) is 5.80. The SMILES string of the molecule is Cc1ccccc1OCC(O)C(=O)N1[C@@H]2CC[C@H]1[C@H]1CNC[C@H]12.Cl. The molecule has 4 rings (SSSR count). The number of hydrogen-bond acceptors (Lipinski definition) is 4. The fourth-order valence-corrected chi connectivity index (χ4v) is 4.73. The molecule has 2 bridgehead atoms. The van der Waals surface area contributed by atoms with Crippen molar-refractivity contribution in [3.05, 3.63) is 29.8 Å². The molecule has 24 heavy (non-hydrogen) atoms. The zero-order valence-electron chi connectivity index (χ0n) is 13.9. The number of benzene rings is 1. The first kappa shape index (κ1) is 17.5. The summed E-state index contributed by atoms with van der Waals surface area (Å²) in [6.45, 7) is 3.99. The molecule has 5 atom stereocenters. The highest BCUT2D eigenvalue weighted by atomic mass is 35.5. The summed E-state index contributed by atoms with van der Waals surface area (Å²) in [6, 6.07) is 8.27. The first-order chi connectivity index (χ1) is 11.2. The van der Waals surface area contributed by atoms with E-state index >= 15 is 0 Å². The summed E-state index contributed by atoms with van der Waals surface area (Å²) < 4.78 is 5.65. The van der Waals surface area contributed by atoms with Crippen molar-refractivity contribution in [2.45, 2.75) is 38.0 Å². The molecule has 1 aromatic rings. The topological polar surface area (TPSA) is 61.8 Å². The quantitative estimate of drug-likeness (QED) is 0.859.